The molecule has 3 heteroatoms. The molecule has 0 fully saturated rings. The third-order valence-electron chi connectivity index (χ3n) is 2.39. The van der Waals surface area contributed by atoms with Gasteiger partial charge >= 0.3 is 0 Å². The van der Waals surface area contributed by atoms with E-state index in [0.29, 0.717) is 13.2 Å². The predicted octanol–water partition coefficient (Wildman–Crippen LogP) is 3.44. The molecule has 0 aliphatic rings. The molecular formula is C16H15NOS. The van der Waals surface area contributed by atoms with E-state index in [9.17, 15) is 0 Å². The fourth-order valence-electron chi connectivity index (χ4n) is 1.51. The summed E-state index contributed by atoms with van der Waals surface area (Å²) < 4.78 is 5.48. The minimum absolute atomic E-state index is 0.422. The van der Waals surface area contributed by atoms with Crippen LogP contribution in [-0.4, -0.2) is 11.6 Å². The number of aromatic nitrogens is 1. The monoisotopic (exact) mass is 269 g/mol. The number of ether oxygens (including phenoxy) is 1. The maximum Gasteiger partial charge on any atom is 0.167 e. The first kappa shape index (κ1) is 13.5. The van der Waals surface area contributed by atoms with Crippen molar-refractivity contribution >= 4 is 11.3 Å². The Balaban J connectivity index is 1.76. The molecule has 1 aromatic carbocycles. The minimum atomic E-state index is 0.422. The van der Waals surface area contributed by atoms with E-state index in [1.807, 2.05) is 41.8 Å². The van der Waals surface area contributed by atoms with Gasteiger partial charge in [0.2, 0.25) is 0 Å². The summed E-state index contributed by atoms with van der Waals surface area (Å²) in [5.41, 5.74) is 2.18. The first-order chi connectivity index (χ1) is 9.38. The molecule has 0 saturated carbocycles. The van der Waals surface area contributed by atoms with Gasteiger partial charge in [-0.15, -0.1) is 17.9 Å². The number of nitrogens with zero attached hydrogens (tertiary/aromatic N) is 1. The highest BCUT2D eigenvalue weighted by Gasteiger charge is 1.96. The number of allylic oxidation sites excluding steroid dienone is 1. The quantitative estimate of drug-likeness (QED) is 0.471. The largest absolute Gasteiger partial charge is 0.364 e. The Hall–Kier alpha value is -1.89. The Labute approximate surface area is 117 Å². The van der Waals surface area contributed by atoms with Gasteiger partial charge in [0.05, 0.1) is 12.3 Å². The smallest absolute Gasteiger partial charge is 0.167 e. The summed E-state index contributed by atoms with van der Waals surface area (Å²) in [6, 6.07) is 10.1. The summed E-state index contributed by atoms with van der Waals surface area (Å²) in [5, 5.41) is 2.84. The van der Waals surface area contributed by atoms with Gasteiger partial charge < -0.3 is 4.74 Å². The molecule has 0 spiro atoms. The second-order valence-corrected chi connectivity index (χ2v) is 4.78. The van der Waals surface area contributed by atoms with Crippen LogP contribution in [0, 0.1) is 11.8 Å². The molecule has 0 bridgehead atoms. The van der Waals surface area contributed by atoms with Crippen molar-refractivity contribution in [1.82, 2.24) is 4.98 Å². The Morgan fingerprint density at radius 1 is 1.32 bits per heavy atom. The summed E-state index contributed by atoms with van der Waals surface area (Å²) in [7, 11) is 0. The van der Waals surface area contributed by atoms with Crippen molar-refractivity contribution in [3.8, 4) is 11.8 Å². The summed E-state index contributed by atoms with van der Waals surface area (Å²) in [6.07, 6.45) is 2.64. The summed E-state index contributed by atoms with van der Waals surface area (Å²) in [6.45, 7) is 4.70. The van der Waals surface area contributed by atoms with Crippen LogP contribution in [0.25, 0.3) is 0 Å². The third-order valence-corrected chi connectivity index (χ3v) is 3.19. The summed E-state index contributed by atoms with van der Waals surface area (Å²) in [4.78, 5) is 4.37. The number of hydrogen-bond donors (Lipinski definition) is 0. The van der Waals surface area contributed by atoms with Gasteiger partial charge in [-0.3, -0.25) is 0 Å². The Morgan fingerprint density at radius 3 is 2.95 bits per heavy atom. The van der Waals surface area contributed by atoms with Crippen LogP contribution in [0.3, 0.4) is 0 Å². The maximum absolute atomic E-state index is 5.48. The molecule has 0 unspecified atom stereocenters. The normalized spacial score (nSPS) is 9.68. The molecule has 1 aromatic heterocycles. The third kappa shape index (κ3) is 4.70. The molecular weight excluding hydrogens is 254 g/mol. The van der Waals surface area contributed by atoms with Gasteiger partial charge in [-0.05, 0) is 11.5 Å². The van der Waals surface area contributed by atoms with Gasteiger partial charge in [-0.2, -0.15) is 0 Å². The first-order valence-corrected chi connectivity index (χ1v) is 6.92. The molecule has 2 aromatic rings. The van der Waals surface area contributed by atoms with Crippen molar-refractivity contribution in [2.75, 3.05) is 6.61 Å². The fraction of sp³-hybridized carbons (Fsp3) is 0.188. The lowest BCUT2D eigenvalue weighted by atomic mass is 10.2. The Bertz CT molecular complexity index is 578. The van der Waals surface area contributed by atoms with Crippen molar-refractivity contribution in [2.45, 2.75) is 13.0 Å². The molecule has 0 atom stereocenters. The number of thiazole rings is 1. The van der Waals surface area contributed by atoms with E-state index < -0.39 is 0 Å². The Kier molecular flexibility index (Phi) is 5.36. The van der Waals surface area contributed by atoms with Gasteiger partial charge in [0.25, 0.3) is 0 Å². The van der Waals surface area contributed by atoms with Crippen molar-refractivity contribution in [3.05, 3.63) is 64.6 Å². The molecule has 19 heavy (non-hydrogen) atoms. The molecule has 0 aliphatic carbocycles. The highest BCUT2D eigenvalue weighted by Crippen LogP contribution is 2.08. The minimum Gasteiger partial charge on any atom is -0.364 e. The molecule has 2 nitrogen and oxygen atoms in total. The van der Waals surface area contributed by atoms with Crippen molar-refractivity contribution in [2.24, 2.45) is 0 Å². The lowest BCUT2D eigenvalue weighted by Gasteiger charge is -1.98. The number of rotatable bonds is 5. The number of benzene rings is 1. The standard InChI is InChI=1S/C16H15NOS/c1-2-7-15-13-19-16(17-15)10-6-11-18-12-14-8-4-3-5-9-14/h2-5,8-9,13H,1,7,11-12H2. The first-order valence-electron chi connectivity index (χ1n) is 6.04. The van der Waals surface area contributed by atoms with Crippen molar-refractivity contribution in [3.63, 3.8) is 0 Å². The zero-order valence-corrected chi connectivity index (χ0v) is 11.5. The SMILES string of the molecule is C=CCc1csc(C#CCOCc2ccccc2)n1. The van der Waals surface area contributed by atoms with Gasteiger partial charge in [-0.25, -0.2) is 4.98 Å². The van der Waals surface area contributed by atoms with Gasteiger partial charge in [0, 0.05) is 11.8 Å². The van der Waals surface area contributed by atoms with Gasteiger partial charge in [0.1, 0.15) is 6.61 Å². The molecule has 96 valence electrons. The predicted molar refractivity (Wildman–Crippen MR) is 79.0 cm³/mol. The lowest BCUT2D eigenvalue weighted by molar-refractivity contribution is 0.153. The highest BCUT2D eigenvalue weighted by atomic mass is 32.1. The average Bonchev–Trinajstić information content (AvgIpc) is 2.88. The van der Waals surface area contributed by atoms with Crippen LogP contribution < -0.4 is 0 Å². The molecule has 0 N–H and O–H groups in total. The Morgan fingerprint density at radius 2 is 2.16 bits per heavy atom. The van der Waals surface area contributed by atoms with Crippen LogP contribution in [0.15, 0.2) is 48.4 Å². The molecule has 0 amide bonds. The molecule has 2 rings (SSSR count). The van der Waals surface area contributed by atoms with E-state index >= 15 is 0 Å². The van der Waals surface area contributed by atoms with Crippen molar-refractivity contribution < 1.29 is 4.74 Å². The zero-order chi connectivity index (χ0) is 13.3. The maximum atomic E-state index is 5.48. The van der Waals surface area contributed by atoms with Crippen LogP contribution >= 0.6 is 11.3 Å². The second kappa shape index (κ2) is 7.52. The summed E-state index contributed by atoms with van der Waals surface area (Å²) >= 11 is 1.56. The van der Waals surface area contributed by atoms with Crippen molar-refractivity contribution in [1.29, 1.82) is 0 Å². The van der Waals surface area contributed by atoms with E-state index in [-0.39, 0.29) is 0 Å². The highest BCUT2D eigenvalue weighted by molar-refractivity contribution is 7.10. The second-order valence-electron chi connectivity index (χ2n) is 3.92. The summed E-state index contributed by atoms with van der Waals surface area (Å²) in [5.74, 6) is 5.99. The van der Waals surface area contributed by atoms with Crippen LogP contribution in [0.5, 0.6) is 0 Å². The van der Waals surface area contributed by atoms with E-state index in [2.05, 4.69) is 23.4 Å². The fourth-order valence-corrected chi connectivity index (χ4v) is 2.21. The lowest BCUT2D eigenvalue weighted by Crippen LogP contribution is -1.92. The van der Waals surface area contributed by atoms with Crippen LogP contribution in [-0.2, 0) is 17.8 Å². The van der Waals surface area contributed by atoms with Crippen LogP contribution in [0.4, 0.5) is 0 Å². The molecule has 0 radical (unpaired) electrons. The number of hydrogen-bond acceptors (Lipinski definition) is 3. The van der Waals surface area contributed by atoms with Gasteiger partial charge in [-0.1, -0.05) is 42.3 Å². The molecule has 1 heterocycles. The zero-order valence-electron chi connectivity index (χ0n) is 10.6. The van der Waals surface area contributed by atoms with Crippen LogP contribution in [0.2, 0.25) is 0 Å². The average molecular weight is 269 g/mol. The molecule has 0 saturated heterocycles. The van der Waals surface area contributed by atoms with Crippen LogP contribution in [0.1, 0.15) is 16.3 Å². The van der Waals surface area contributed by atoms with Gasteiger partial charge in [0.15, 0.2) is 5.01 Å². The van der Waals surface area contributed by atoms with E-state index in [1.165, 1.54) is 0 Å². The van der Waals surface area contributed by atoms with E-state index in [0.717, 1.165) is 22.7 Å². The molecule has 0 aliphatic heterocycles. The van der Waals surface area contributed by atoms with E-state index in [4.69, 9.17) is 4.74 Å². The van der Waals surface area contributed by atoms with E-state index in [1.54, 1.807) is 11.3 Å². The topological polar surface area (TPSA) is 22.1 Å².